The summed E-state index contributed by atoms with van der Waals surface area (Å²) < 4.78 is 0. The smallest absolute Gasteiger partial charge is 0.265 e. The molecule has 0 aliphatic carbocycles. The molecule has 0 fully saturated rings. The molecule has 0 saturated carbocycles. The number of hydrazine groups is 1. The topological polar surface area (TPSA) is 55.1 Å². The lowest BCUT2D eigenvalue weighted by Crippen LogP contribution is -2.29. The Morgan fingerprint density at radius 1 is 1.15 bits per heavy atom. The van der Waals surface area contributed by atoms with E-state index in [1.807, 2.05) is 11.5 Å². The summed E-state index contributed by atoms with van der Waals surface area (Å²) in [7, 11) is 0. The average Bonchev–Trinajstić information content (AvgIpc) is 2.05. The van der Waals surface area contributed by atoms with Crippen LogP contribution in [0.5, 0.6) is 0 Å². The molecule has 1 aromatic carbocycles. The molecule has 0 heterocycles. The van der Waals surface area contributed by atoms with Gasteiger partial charge in [0.25, 0.3) is 5.91 Å². The fraction of sp³-hybridized carbons (Fsp3) is 0.125. The lowest BCUT2D eigenvalue weighted by molar-refractivity contribution is 0.0953. The first kappa shape index (κ1) is 18.1. The summed E-state index contributed by atoms with van der Waals surface area (Å²) in [6.45, 7) is 0. The van der Waals surface area contributed by atoms with E-state index in [0.717, 1.165) is 0 Å². The number of carbonyl (C=O) groups excluding carboxylic acids is 1. The average molecular weight is 225 g/mol. The molecule has 0 spiro atoms. The van der Waals surface area contributed by atoms with Gasteiger partial charge in [0.2, 0.25) is 0 Å². The van der Waals surface area contributed by atoms with E-state index in [0.29, 0.717) is 5.56 Å². The van der Waals surface area contributed by atoms with Gasteiger partial charge in [0, 0.05) is 5.56 Å². The van der Waals surface area contributed by atoms with Crippen molar-refractivity contribution >= 4 is 30.7 Å². The third-order valence-electron chi connectivity index (χ3n) is 1.17. The van der Waals surface area contributed by atoms with E-state index in [4.69, 9.17) is 5.84 Å². The van der Waals surface area contributed by atoms with E-state index in [1.165, 1.54) is 0 Å². The van der Waals surface area contributed by atoms with E-state index in [2.05, 4.69) is 0 Å². The van der Waals surface area contributed by atoms with Crippen LogP contribution < -0.4 is 11.3 Å². The fourth-order valence-corrected chi connectivity index (χ4v) is 0.673. The van der Waals surface area contributed by atoms with E-state index in [1.54, 1.807) is 24.3 Å². The van der Waals surface area contributed by atoms with Crippen LogP contribution >= 0.6 is 24.8 Å². The predicted octanol–water partition coefficient (Wildman–Crippen LogP) is 1.77. The summed E-state index contributed by atoms with van der Waals surface area (Å²) in [5.41, 5.74) is 2.62. The van der Waals surface area contributed by atoms with Crippen molar-refractivity contribution < 1.29 is 4.79 Å². The Morgan fingerprint density at radius 3 is 2.00 bits per heavy atom. The Hall–Kier alpha value is -0.770. The highest BCUT2D eigenvalue weighted by atomic mass is 35.5. The van der Waals surface area contributed by atoms with E-state index < -0.39 is 0 Å². The zero-order valence-corrected chi connectivity index (χ0v) is 7.82. The summed E-state index contributed by atoms with van der Waals surface area (Å²) in [5, 5.41) is 0. The Kier molecular flexibility index (Phi) is 13.0. The molecular weight excluding hydrogens is 211 g/mol. The zero-order valence-electron chi connectivity index (χ0n) is 6.19. The molecular formula is C8H14Cl2N2O. The van der Waals surface area contributed by atoms with Crippen molar-refractivity contribution in [2.75, 3.05) is 0 Å². The summed E-state index contributed by atoms with van der Waals surface area (Å²) in [6, 6.07) is 8.80. The van der Waals surface area contributed by atoms with Crippen LogP contribution in [0, 0.1) is 0 Å². The summed E-state index contributed by atoms with van der Waals surface area (Å²) >= 11 is 0. The fourth-order valence-electron chi connectivity index (χ4n) is 0.673. The number of amides is 1. The van der Waals surface area contributed by atoms with Crippen molar-refractivity contribution in [2.45, 2.75) is 7.43 Å². The number of benzene rings is 1. The van der Waals surface area contributed by atoms with Gasteiger partial charge < -0.3 is 0 Å². The SMILES string of the molecule is C.Cl.Cl.NNC(=O)c1ccccc1. The van der Waals surface area contributed by atoms with Gasteiger partial charge in [-0.25, -0.2) is 5.84 Å². The van der Waals surface area contributed by atoms with Crippen molar-refractivity contribution in [3.63, 3.8) is 0 Å². The van der Waals surface area contributed by atoms with Crippen LogP contribution in [-0.2, 0) is 0 Å². The first-order valence-corrected chi connectivity index (χ1v) is 2.90. The Labute approximate surface area is 90.5 Å². The highest BCUT2D eigenvalue weighted by Gasteiger charge is 1.98. The lowest BCUT2D eigenvalue weighted by atomic mass is 10.2. The second-order valence-corrected chi connectivity index (χ2v) is 1.84. The number of rotatable bonds is 1. The van der Waals surface area contributed by atoms with Crippen molar-refractivity contribution in [1.82, 2.24) is 5.43 Å². The maximum atomic E-state index is 10.8. The van der Waals surface area contributed by atoms with Crippen molar-refractivity contribution in [1.29, 1.82) is 0 Å². The van der Waals surface area contributed by atoms with Crippen molar-refractivity contribution in [3.05, 3.63) is 35.9 Å². The molecule has 3 nitrogen and oxygen atoms in total. The van der Waals surface area contributed by atoms with E-state index >= 15 is 0 Å². The van der Waals surface area contributed by atoms with Crippen molar-refractivity contribution in [2.24, 2.45) is 5.84 Å². The van der Waals surface area contributed by atoms with Gasteiger partial charge in [0.1, 0.15) is 0 Å². The normalized spacial score (nSPS) is 6.85. The molecule has 13 heavy (non-hydrogen) atoms. The molecule has 5 heteroatoms. The maximum Gasteiger partial charge on any atom is 0.265 e. The van der Waals surface area contributed by atoms with Crippen LogP contribution in [0.15, 0.2) is 30.3 Å². The minimum absolute atomic E-state index is 0. The molecule has 1 rings (SSSR count). The van der Waals surface area contributed by atoms with Gasteiger partial charge in [-0.1, -0.05) is 25.6 Å². The largest absolute Gasteiger partial charge is 0.290 e. The molecule has 0 unspecified atom stereocenters. The molecule has 1 aromatic rings. The monoisotopic (exact) mass is 224 g/mol. The van der Waals surface area contributed by atoms with Gasteiger partial charge in [0.15, 0.2) is 0 Å². The minimum Gasteiger partial charge on any atom is -0.290 e. The number of hydrogen-bond acceptors (Lipinski definition) is 2. The maximum absolute atomic E-state index is 10.8. The number of nitrogens with two attached hydrogens (primary N) is 1. The van der Waals surface area contributed by atoms with Gasteiger partial charge in [-0.15, -0.1) is 24.8 Å². The Morgan fingerprint density at radius 2 is 1.62 bits per heavy atom. The summed E-state index contributed by atoms with van der Waals surface area (Å²) in [5.74, 6) is 4.64. The zero-order chi connectivity index (χ0) is 7.40. The van der Waals surface area contributed by atoms with E-state index in [9.17, 15) is 4.79 Å². The van der Waals surface area contributed by atoms with Crippen LogP contribution in [0.2, 0.25) is 0 Å². The molecule has 76 valence electrons. The molecule has 0 aliphatic rings. The first-order valence-electron chi connectivity index (χ1n) is 2.90. The lowest BCUT2D eigenvalue weighted by Gasteiger charge is -1.95. The van der Waals surface area contributed by atoms with Crippen LogP contribution in [0.25, 0.3) is 0 Å². The second-order valence-electron chi connectivity index (χ2n) is 1.84. The third-order valence-corrected chi connectivity index (χ3v) is 1.17. The van der Waals surface area contributed by atoms with Gasteiger partial charge in [0.05, 0.1) is 0 Å². The number of carbonyl (C=O) groups is 1. The van der Waals surface area contributed by atoms with Crippen LogP contribution in [0.3, 0.4) is 0 Å². The van der Waals surface area contributed by atoms with Gasteiger partial charge >= 0.3 is 0 Å². The van der Waals surface area contributed by atoms with Crippen LogP contribution in [0.4, 0.5) is 0 Å². The highest BCUT2D eigenvalue weighted by Crippen LogP contribution is 1.95. The molecule has 0 aliphatic heterocycles. The standard InChI is InChI=1S/C7H8N2O.CH4.2ClH/c8-9-7(10)6-4-2-1-3-5-6;;;/h1-5H,8H2,(H,9,10);1H4;2*1H. The molecule has 0 bridgehead atoms. The number of nitrogens with one attached hydrogen (secondary N) is 1. The minimum atomic E-state index is -0.263. The molecule has 1 amide bonds. The second kappa shape index (κ2) is 9.32. The Balaban J connectivity index is -0.000000333. The molecule has 0 atom stereocenters. The molecule has 0 radical (unpaired) electrons. The Bertz CT molecular complexity index is 229. The molecule has 0 saturated heterocycles. The third kappa shape index (κ3) is 5.47. The molecule has 0 aromatic heterocycles. The van der Waals surface area contributed by atoms with Crippen LogP contribution in [-0.4, -0.2) is 5.91 Å². The molecule has 3 N–H and O–H groups in total. The van der Waals surface area contributed by atoms with Gasteiger partial charge in [-0.2, -0.15) is 0 Å². The van der Waals surface area contributed by atoms with Gasteiger partial charge in [-0.3, -0.25) is 10.2 Å². The van der Waals surface area contributed by atoms with Crippen LogP contribution in [0.1, 0.15) is 17.8 Å². The quantitative estimate of drug-likeness (QED) is 0.434. The summed E-state index contributed by atoms with van der Waals surface area (Å²) in [6.07, 6.45) is 0. The number of halogens is 2. The summed E-state index contributed by atoms with van der Waals surface area (Å²) in [4.78, 5) is 10.8. The number of nitrogen functional groups attached to an aromatic ring is 1. The van der Waals surface area contributed by atoms with Crippen molar-refractivity contribution in [3.8, 4) is 0 Å². The predicted molar refractivity (Wildman–Crippen MR) is 59.3 cm³/mol. The first-order chi connectivity index (χ1) is 4.84. The van der Waals surface area contributed by atoms with E-state index in [-0.39, 0.29) is 38.1 Å². The number of hydrogen-bond donors (Lipinski definition) is 2. The van der Waals surface area contributed by atoms with Gasteiger partial charge in [-0.05, 0) is 12.1 Å². The highest BCUT2D eigenvalue weighted by molar-refractivity contribution is 5.93.